The Morgan fingerprint density at radius 2 is 1.42 bits per heavy atom. The van der Waals surface area contributed by atoms with Crippen molar-refractivity contribution < 1.29 is 5.11 Å². The van der Waals surface area contributed by atoms with Crippen LogP contribution in [0.25, 0.3) is 0 Å². The molecule has 0 aliphatic rings. The molecule has 1 nitrogen and oxygen atoms in total. The summed E-state index contributed by atoms with van der Waals surface area (Å²) in [6.45, 7) is 18.9. The van der Waals surface area contributed by atoms with Gasteiger partial charge in [0.15, 0.2) is 0 Å². The second kappa shape index (κ2) is 7.67. The maximum atomic E-state index is 9.67. The molecule has 0 aromatic carbocycles. The summed E-state index contributed by atoms with van der Waals surface area (Å²) in [4.78, 5) is 0. The lowest BCUT2D eigenvalue weighted by Crippen LogP contribution is -2.24. The van der Waals surface area contributed by atoms with Gasteiger partial charge in [0.1, 0.15) is 0 Å². The van der Waals surface area contributed by atoms with Crippen molar-refractivity contribution in [3.63, 3.8) is 0 Å². The minimum atomic E-state index is 0.342. The molecule has 0 radical (unpaired) electrons. The van der Waals surface area contributed by atoms with Gasteiger partial charge in [0.25, 0.3) is 0 Å². The molecule has 0 aromatic rings. The highest BCUT2D eigenvalue weighted by molar-refractivity contribution is 4.77. The number of aliphatic hydroxyl groups excluding tert-OH is 1. The summed E-state index contributed by atoms with van der Waals surface area (Å²) < 4.78 is 0. The van der Waals surface area contributed by atoms with E-state index in [9.17, 15) is 5.11 Å². The van der Waals surface area contributed by atoms with Crippen LogP contribution in [0.5, 0.6) is 0 Å². The summed E-state index contributed by atoms with van der Waals surface area (Å²) in [6.07, 6.45) is 4.86. The molecular formula is C18H38O. The monoisotopic (exact) mass is 270 g/mol. The lowest BCUT2D eigenvalue weighted by Gasteiger charge is -2.32. The SMILES string of the molecule is CC(C)CC(C)(C)CCC(CO)C(C)CC(C)(C)C. The highest BCUT2D eigenvalue weighted by Crippen LogP contribution is 2.36. The molecule has 0 spiro atoms. The van der Waals surface area contributed by atoms with Gasteiger partial charge in [-0.1, -0.05) is 55.4 Å². The minimum Gasteiger partial charge on any atom is -0.396 e. The van der Waals surface area contributed by atoms with Crippen molar-refractivity contribution in [3.05, 3.63) is 0 Å². The average Bonchev–Trinajstić information content (AvgIpc) is 2.12. The van der Waals surface area contributed by atoms with E-state index in [1.165, 1.54) is 19.3 Å². The largest absolute Gasteiger partial charge is 0.396 e. The normalized spacial score (nSPS) is 16.7. The van der Waals surface area contributed by atoms with Crippen molar-refractivity contribution in [2.75, 3.05) is 6.61 Å². The van der Waals surface area contributed by atoms with Gasteiger partial charge in [-0.3, -0.25) is 0 Å². The van der Waals surface area contributed by atoms with Crippen molar-refractivity contribution >= 4 is 0 Å². The predicted molar refractivity (Wildman–Crippen MR) is 86.3 cm³/mol. The van der Waals surface area contributed by atoms with Gasteiger partial charge in [0.2, 0.25) is 0 Å². The lowest BCUT2D eigenvalue weighted by molar-refractivity contribution is 0.125. The van der Waals surface area contributed by atoms with Crippen LogP contribution in [-0.2, 0) is 0 Å². The Balaban J connectivity index is 4.33. The van der Waals surface area contributed by atoms with Gasteiger partial charge in [-0.2, -0.15) is 0 Å². The molecule has 0 amide bonds. The first kappa shape index (κ1) is 19.0. The molecule has 2 atom stereocenters. The van der Waals surface area contributed by atoms with Crippen molar-refractivity contribution in [1.82, 2.24) is 0 Å². The topological polar surface area (TPSA) is 20.2 Å². The second-order valence-electron chi connectivity index (χ2n) is 8.99. The molecule has 0 aliphatic carbocycles. The highest BCUT2D eigenvalue weighted by atomic mass is 16.3. The third kappa shape index (κ3) is 9.49. The Labute approximate surface area is 122 Å². The zero-order valence-electron chi connectivity index (χ0n) is 14.7. The van der Waals surface area contributed by atoms with Crippen molar-refractivity contribution in [3.8, 4) is 0 Å². The van der Waals surface area contributed by atoms with Crippen LogP contribution in [0.2, 0.25) is 0 Å². The van der Waals surface area contributed by atoms with Crippen LogP contribution in [0.15, 0.2) is 0 Å². The van der Waals surface area contributed by atoms with Crippen LogP contribution in [0.3, 0.4) is 0 Å². The van der Waals surface area contributed by atoms with Crippen LogP contribution in [0, 0.1) is 28.6 Å². The molecule has 1 heteroatoms. The summed E-state index contributed by atoms with van der Waals surface area (Å²) in [6, 6.07) is 0. The van der Waals surface area contributed by atoms with Crippen molar-refractivity contribution in [2.45, 2.75) is 81.1 Å². The molecule has 0 saturated heterocycles. The molecule has 0 heterocycles. The highest BCUT2D eigenvalue weighted by Gasteiger charge is 2.26. The molecule has 0 bridgehead atoms. The Hall–Kier alpha value is -0.0400. The number of aliphatic hydroxyl groups is 1. The van der Waals surface area contributed by atoms with E-state index in [2.05, 4.69) is 55.4 Å². The van der Waals surface area contributed by atoms with Gasteiger partial charge in [0.05, 0.1) is 0 Å². The summed E-state index contributed by atoms with van der Waals surface area (Å²) >= 11 is 0. The standard InChI is InChI=1S/C18H38O/c1-14(2)11-18(7,8)10-9-16(13-19)15(3)12-17(4,5)6/h14-16,19H,9-13H2,1-8H3. The zero-order valence-corrected chi connectivity index (χ0v) is 14.7. The number of rotatable bonds is 8. The maximum absolute atomic E-state index is 9.67. The van der Waals surface area contributed by atoms with E-state index in [0.717, 1.165) is 12.3 Å². The number of hydrogen-bond acceptors (Lipinski definition) is 1. The Bertz CT molecular complexity index is 235. The zero-order chi connectivity index (χ0) is 15.3. The van der Waals surface area contributed by atoms with E-state index in [1.807, 2.05) is 0 Å². The van der Waals surface area contributed by atoms with Crippen molar-refractivity contribution in [1.29, 1.82) is 0 Å². The maximum Gasteiger partial charge on any atom is 0.0461 e. The molecule has 0 aliphatic heterocycles. The lowest BCUT2D eigenvalue weighted by atomic mass is 9.74. The van der Waals surface area contributed by atoms with Crippen LogP contribution in [0.1, 0.15) is 81.1 Å². The van der Waals surface area contributed by atoms with Crippen LogP contribution in [0.4, 0.5) is 0 Å². The molecule has 116 valence electrons. The molecule has 0 aromatic heterocycles. The van der Waals surface area contributed by atoms with Gasteiger partial charge >= 0.3 is 0 Å². The third-order valence-corrected chi connectivity index (χ3v) is 4.13. The van der Waals surface area contributed by atoms with E-state index in [-0.39, 0.29) is 0 Å². The van der Waals surface area contributed by atoms with Gasteiger partial charge in [-0.25, -0.2) is 0 Å². The van der Waals surface area contributed by atoms with Crippen LogP contribution < -0.4 is 0 Å². The van der Waals surface area contributed by atoms with Crippen LogP contribution in [-0.4, -0.2) is 11.7 Å². The smallest absolute Gasteiger partial charge is 0.0461 e. The van der Waals surface area contributed by atoms with E-state index in [1.54, 1.807) is 0 Å². The predicted octanol–water partition coefficient (Wildman–Crippen LogP) is 5.52. The van der Waals surface area contributed by atoms with E-state index < -0.39 is 0 Å². The molecule has 2 unspecified atom stereocenters. The molecule has 0 saturated carbocycles. The summed E-state index contributed by atoms with van der Waals surface area (Å²) in [5.74, 6) is 1.83. The first-order chi connectivity index (χ1) is 8.47. The molecule has 1 N–H and O–H groups in total. The molecule has 0 fully saturated rings. The summed E-state index contributed by atoms with van der Waals surface area (Å²) in [5, 5.41) is 9.67. The van der Waals surface area contributed by atoms with Gasteiger partial charge in [0, 0.05) is 6.61 Å². The van der Waals surface area contributed by atoms with Gasteiger partial charge in [-0.15, -0.1) is 0 Å². The van der Waals surface area contributed by atoms with Gasteiger partial charge < -0.3 is 5.11 Å². The summed E-state index contributed by atoms with van der Waals surface area (Å²) in [5.41, 5.74) is 0.767. The second-order valence-corrected chi connectivity index (χ2v) is 8.99. The van der Waals surface area contributed by atoms with E-state index in [0.29, 0.717) is 29.3 Å². The summed E-state index contributed by atoms with van der Waals surface area (Å²) in [7, 11) is 0. The number of hydrogen-bond donors (Lipinski definition) is 1. The Morgan fingerprint density at radius 1 is 0.895 bits per heavy atom. The first-order valence-electron chi connectivity index (χ1n) is 8.08. The molecule has 0 rings (SSSR count). The van der Waals surface area contributed by atoms with E-state index in [4.69, 9.17) is 0 Å². The average molecular weight is 271 g/mol. The van der Waals surface area contributed by atoms with Gasteiger partial charge in [-0.05, 0) is 54.3 Å². The minimum absolute atomic E-state index is 0.342. The van der Waals surface area contributed by atoms with Crippen LogP contribution >= 0.6 is 0 Å². The molecule has 19 heavy (non-hydrogen) atoms. The fraction of sp³-hybridized carbons (Fsp3) is 1.00. The first-order valence-corrected chi connectivity index (χ1v) is 8.08. The Kier molecular flexibility index (Phi) is 7.65. The van der Waals surface area contributed by atoms with E-state index >= 15 is 0 Å². The third-order valence-electron chi connectivity index (χ3n) is 4.13. The fourth-order valence-electron chi connectivity index (χ4n) is 3.47. The quantitative estimate of drug-likeness (QED) is 0.615. The molecular weight excluding hydrogens is 232 g/mol. The van der Waals surface area contributed by atoms with Crippen molar-refractivity contribution in [2.24, 2.45) is 28.6 Å². The fourth-order valence-corrected chi connectivity index (χ4v) is 3.47. The Morgan fingerprint density at radius 3 is 1.79 bits per heavy atom.